The van der Waals surface area contributed by atoms with E-state index in [2.05, 4.69) is 5.32 Å². The van der Waals surface area contributed by atoms with Gasteiger partial charge in [0.1, 0.15) is 6.67 Å². The number of hydrogen-bond acceptors (Lipinski definition) is 2. The van der Waals surface area contributed by atoms with Crippen molar-refractivity contribution in [3.63, 3.8) is 0 Å². The van der Waals surface area contributed by atoms with E-state index < -0.39 is 30.0 Å². The quantitative estimate of drug-likeness (QED) is 0.835. The maximum absolute atomic E-state index is 12.5. The summed E-state index contributed by atoms with van der Waals surface area (Å²) in [4.78, 5) is 22.7. The van der Waals surface area contributed by atoms with Gasteiger partial charge in [0.15, 0.2) is 6.04 Å². The van der Waals surface area contributed by atoms with Gasteiger partial charge < -0.3 is 10.4 Å². The van der Waals surface area contributed by atoms with E-state index in [9.17, 15) is 14.0 Å². The third-order valence-electron chi connectivity index (χ3n) is 2.82. The Hall–Kier alpha value is -1.91. The number of hydrogen-bond donors (Lipinski definition) is 2. The number of carboxylic acid groups (broad SMARTS) is 1. The number of carbonyl (C=O) groups excluding carboxylic acids is 1. The number of halogens is 1. The van der Waals surface area contributed by atoms with Crippen molar-refractivity contribution in [3.8, 4) is 0 Å². The third-order valence-corrected chi connectivity index (χ3v) is 2.82. The highest BCUT2D eigenvalue weighted by Gasteiger charge is 2.32. The minimum atomic E-state index is -1.50. The highest BCUT2D eigenvalue weighted by Crippen LogP contribution is 2.23. The van der Waals surface area contributed by atoms with Gasteiger partial charge in [0.05, 0.1) is 5.41 Å². The Morgan fingerprint density at radius 2 is 1.89 bits per heavy atom. The fourth-order valence-electron chi connectivity index (χ4n) is 1.49. The first-order chi connectivity index (χ1) is 8.39. The first kappa shape index (κ1) is 14.2. The van der Waals surface area contributed by atoms with Crippen molar-refractivity contribution in [2.24, 2.45) is 0 Å². The number of aliphatic carboxylic acids is 1. The molecule has 0 saturated heterocycles. The van der Waals surface area contributed by atoms with Crippen LogP contribution in [0.1, 0.15) is 19.4 Å². The molecule has 2 N–H and O–H groups in total. The van der Waals surface area contributed by atoms with E-state index in [1.165, 1.54) is 0 Å². The average molecular weight is 253 g/mol. The van der Waals surface area contributed by atoms with E-state index in [-0.39, 0.29) is 0 Å². The molecule has 0 aliphatic heterocycles. The van der Waals surface area contributed by atoms with Crippen LogP contribution in [0.4, 0.5) is 4.39 Å². The number of benzene rings is 1. The van der Waals surface area contributed by atoms with Gasteiger partial charge in [-0.3, -0.25) is 4.79 Å². The first-order valence-corrected chi connectivity index (χ1v) is 5.55. The van der Waals surface area contributed by atoms with Crippen LogP contribution in [0.25, 0.3) is 0 Å². The second-order valence-corrected chi connectivity index (χ2v) is 4.51. The lowest BCUT2D eigenvalue weighted by Gasteiger charge is -2.25. The van der Waals surface area contributed by atoms with E-state index in [1.54, 1.807) is 38.1 Å². The molecule has 0 heterocycles. The van der Waals surface area contributed by atoms with Crippen LogP contribution in [0.3, 0.4) is 0 Å². The molecule has 0 aromatic heterocycles. The van der Waals surface area contributed by atoms with Gasteiger partial charge in [0.25, 0.3) is 0 Å². The van der Waals surface area contributed by atoms with Gasteiger partial charge in [-0.1, -0.05) is 30.3 Å². The summed E-state index contributed by atoms with van der Waals surface area (Å²) in [7, 11) is 0. The zero-order chi connectivity index (χ0) is 13.8. The maximum atomic E-state index is 12.5. The summed E-state index contributed by atoms with van der Waals surface area (Å²) < 4.78 is 12.5. The largest absolute Gasteiger partial charge is 0.480 e. The summed E-state index contributed by atoms with van der Waals surface area (Å²) in [6.07, 6.45) is 0. The number of carboxylic acids is 1. The highest BCUT2D eigenvalue weighted by atomic mass is 19.1. The smallest absolute Gasteiger partial charge is 0.328 e. The number of rotatable bonds is 5. The molecular formula is C13H16FNO3. The molecule has 1 aromatic carbocycles. The van der Waals surface area contributed by atoms with Crippen LogP contribution >= 0.6 is 0 Å². The molecule has 1 rings (SSSR count). The molecule has 0 spiro atoms. The Balaban J connectivity index is 2.86. The lowest BCUT2D eigenvalue weighted by molar-refractivity contribution is -0.143. The second kappa shape index (κ2) is 5.62. The van der Waals surface area contributed by atoms with Crippen LogP contribution in [0.15, 0.2) is 30.3 Å². The lowest BCUT2D eigenvalue weighted by Crippen LogP contribution is -2.49. The van der Waals surface area contributed by atoms with Gasteiger partial charge in [-0.2, -0.15) is 0 Å². The molecule has 0 bridgehead atoms. The van der Waals surface area contributed by atoms with E-state index in [1.807, 2.05) is 6.07 Å². The molecule has 0 saturated carbocycles. The molecule has 1 aromatic rings. The van der Waals surface area contributed by atoms with Gasteiger partial charge in [-0.15, -0.1) is 0 Å². The molecule has 0 aliphatic rings. The van der Waals surface area contributed by atoms with Crippen LogP contribution in [-0.4, -0.2) is 29.7 Å². The number of alkyl halides is 1. The summed E-state index contributed by atoms with van der Waals surface area (Å²) in [5, 5.41) is 10.9. The standard InChI is InChI=1S/C13H16FNO3/c1-13(2,9-6-4-3-5-7-9)12(18)15-10(8-14)11(16)17/h3-7,10H,8H2,1-2H3,(H,15,18)(H,16,17). The summed E-state index contributed by atoms with van der Waals surface area (Å²) in [6.45, 7) is 2.19. The van der Waals surface area contributed by atoms with Gasteiger partial charge in [0, 0.05) is 0 Å². The van der Waals surface area contributed by atoms with Crippen LogP contribution in [0, 0.1) is 0 Å². The lowest BCUT2D eigenvalue weighted by atomic mass is 9.83. The molecule has 98 valence electrons. The number of carbonyl (C=O) groups is 2. The predicted molar refractivity (Wildman–Crippen MR) is 65.0 cm³/mol. The van der Waals surface area contributed by atoms with Crippen LogP contribution in [0.5, 0.6) is 0 Å². The minimum Gasteiger partial charge on any atom is -0.480 e. The molecule has 0 aliphatic carbocycles. The van der Waals surface area contributed by atoms with Crippen molar-refractivity contribution in [3.05, 3.63) is 35.9 Å². The zero-order valence-electron chi connectivity index (χ0n) is 10.3. The zero-order valence-corrected chi connectivity index (χ0v) is 10.3. The van der Waals surface area contributed by atoms with E-state index in [0.717, 1.165) is 5.56 Å². The van der Waals surface area contributed by atoms with Crippen molar-refractivity contribution >= 4 is 11.9 Å². The minimum absolute atomic E-state index is 0.515. The Kier molecular flexibility index (Phi) is 4.42. The average Bonchev–Trinajstić information content (AvgIpc) is 2.36. The van der Waals surface area contributed by atoms with Crippen molar-refractivity contribution in [2.75, 3.05) is 6.67 Å². The molecule has 0 radical (unpaired) electrons. The van der Waals surface area contributed by atoms with Crippen molar-refractivity contribution in [2.45, 2.75) is 25.3 Å². The summed E-state index contributed by atoms with van der Waals surface area (Å²) in [5.74, 6) is -1.89. The van der Waals surface area contributed by atoms with Crippen LogP contribution in [-0.2, 0) is 15.0 Å². The predicted octanol–water partition coefficient (Wildman–Crippen LogP) is 1.50. The second-order valence-electron chi connectivity index (χ2n) is 4.51. The van der Waals surface area contributed by atoms with E-state index in [0.29, 0.717) is 0 Å². The molecule has 1 unspecified atom stereocenters. The topological polar surface area (TPSA) is 66.4 Å². The van der Waals surface area contributed by atoms with Gasteiger partial charge in [-0.25, -0.2) is 9.18 Å². The molecule has 1 atom stereocenters. The monoisotopic (exact) mass is 253 g/mol. The maximum Gasteiger partial charge on any atom is 0.328 e. The van der Waals surface area contributed by atoms with Gasteiger partial charge in [0.2, 0.25) is 5.91 Å². The SMILES string of the molecule is CC(C)(C(=O)NC(CF)C(=O)O)c1ccccc1. The number of nitrogens with one attached hydrogen (secondary N) is 1. The Morgan fingerprint density at radius 3 is 2.33 bits per heavy atom. The van der Waals surface area contributed by atoms with Gasteiger partial charge >= 0.3 is 5.97 Å². The summed E-state index contributed by atoms with van der Waals surface area (Å²) in [5.41, 5.74) is -0.171. The highest BCUT2D eigenvalue weighted by molar-refractivity contribution is 5.90. The third kappa shape index (κ3) is 3.06. The summed E-state index contributed by atoms with van der Waals surface area (Å²) in [6, 6.07) is 7.43. The van der Waals surface area contributed by atoms with Crippen LogP contribution < -0.4 is 5.32 Å². The van der Waals surface area contributed by atoms with Gasteiger partial charge in [-0.05, 0) is 19.4 Å². The Labute approximate surface area is 105 Å². The first-order valence-electron chi connectivity index (χ1n) is 5.55. The molecule has 18 heavy (non-hydrogen) atoms. The fourth-order valence-corrected chi connectivity index (χ4v) is 1.49. The fraction of sp³-hybridized carbons (Fsp3) is 0.385. The molecule has 1 amide bonds. The molecule has 4 nitrogen and oxygen atoms in total. The number of amides is 1. The normalized spacial score (nSPS) is 12.8. The summed E-state index contributed by atoms with van der Waals surface area (Å²) >= 11 is 0. The Bertz CT molecular complexity index is 431. The molecule has 5 heteroatoms. The van der Waals surface area contributed by atoms with Crippen molar-refractivity contribution < 1.29 is 19.1 Å². The Morgan fingerprint density at radius 1 is 1.33 bits per heavy atom. The van der Waals surface area contributed by atoms with Crippen molar-refractivity contribution in [1.29, 1.82) is 0 Å². The van der Waals surface area contributed by atoms with Crippen LogP contribution in [0.2, 0.25) is 0 Å². The molecular weight excluding hydrogens is 237 g/mol. The van der Waals surface area contributed by atoms with E-state index in [4.69, 9.17) is 5.11 Å². The molecule has 0 fully saturated rings. The van der Waals surface area contributed by atoms with Crippen molar-refractivity contribution in [1.82, 2.24) is 5.32 Å². The van der Waals surface area contributed by atoms with E-state index >= 15 is 0 Å².